The monoisotopic (exact) mass is 226 g/mol. The molecular formula is C6H14N2O5S. The van der Waals surface area contributed by atoms with Gasteiger partial charge in [-0.2, -0.15) is 13.1 Å². The Morgan fingerprint density at radius 3 is 2.43 bits per heavy atom. The SMILES string of the molecule is COC(=O)NS(=O)(=O)NCC(C)OC. The summed E-state index contributed by atoms with van der Waals surface area (Å²) in [5, 5.41) is 0. The third kappa shape index (κ3) is 5.73. The lowest BCUT2D eigenvalue weighted by Gasteiger charge is -2.11. The first kappa shape index (κ1) is 13.1. The van der Waals surface area contributed by atoms with Crippen LogP contribution >= 0.6 is 0 Å². The van der Waals surface area contributed by atoms with E-state index in [-0.39, 0.29) is 12.6 Å². The van der Waals surface area contributed by atoms with Gasteiger partial charge in [0.05, 0.1) is 13.2 Å². The minimum absolute atomic E-state index is 0.0722. The van der Waals surface area contributed by atoms with Gasteiger partial charge < -0.3 is 9.47 Å². The van der Waals surface area contributed by atoms with E-state index in [9.17, 15) is 13.2 Å². The van der Waals surface area contributed by atoms with Gasteiger partial charge >= 0.3 is 16.3 Å². The Morgan fingerprint density at radius 1 is 1.43 bits per heavy atom. The van der Waals surface area contributed by atoms with Crippen LogP contribution in [0.5, 0.6) is 0 Å². The highest BCUT2D eigenvalue weighted by Crippen LogP contribution is 1.86. The predicted octanol–water partition coefficient (Wildman–Crippen LogP) is -0.788. The van der Waals surface area contributed by atoms with Crippen LogP contribution < -0.4 is 9.44 Å². The van der Waals surface area contributed by atoms with E-state index in [0.717, 1.165) is 7.11 Å². The van der Waals surface area contributed by atoms with Crippen LogP contribution in [0.4, 0.5) is 4.79 Å². The maximum absolute atomic E-state index is 11.0. The topological polar surface area (TPSA) is 93.7 Å². The zero-order chi connectivity index (χ0) is 11.2. The standard InChI is InChI=1S/C6H14N2O5S/c1-5(12-2)4-7-14(10,11)8-6(9)13-3/h5,7H,4H2,1-3H3,(H,8,9). The Balaban J connectivity index is 4.03. The van der Waals surface area contributed by atoms with E-state index in [2.05, 4.69) is 9.46 Å². The first-order chi connectivity index (χ1) is 6.41. The largest absolute Gasteiger partial charge is 0.452 e. The number of methoxy groups -OCH3 is 2. The molecule has 0 heterocycles. The second-order valence-electron chi connectivity index (χ2n) is 2.49. The molecule has 0 fully saturated rings. The van der Waals surface area contributed by atoms with E-state index in [1.54, 1.807) is 11.6 Å². The van der Waals surface area contributed by atoms with Gasteiger partial charge in [-0.15, -0.1) is 0 Å². The summed E-state index contributed by atoms with van der Waals surface area (Å²) in [7, 11) is -1.33. The van der Waals surface area contributed by atoms with Crippen molar-refractivity contribution in [3.05, 3.63) is 0 Å². The second kappa shape index (κ2) is 5.78. The lowest BCUT2D eigenvalue weighted by atomic mass is 10.4. The van der Waals surface area contributed by atoms with E-state index in [0.29, 0.717) is 0 Å². The van der Waals surface area contributed by atoms with Crippen LogP contribution in [0.3, 0.4) is 0 Å². The number of ether oxygens (including phenoxy) is 2. The number of carbonyl (C=O) groups is 1. The van der Waals surface area contributed by atoms with Crippen LogP contribution in [-0.2, 0) is 19.7 Å². The van der Waals surface area contributed by atoms with Gasteiger partial charge in [0.1, 0.15) is 0 Å². The first-order valence-corrected chi connectivity index (χ1v) is 5.27. The molecule has 0 radical (unpaired) electrons. The number of nitrogens with one attached hydrogen (secondary N) is 2. The highest BCUT2D eigenvalue weighted by atomic mass is 32.2. The lowest BCUT2D eigenvalue weighted by molar-refractivity contribution is 0.122. The first-order valence-electron chi connectivity index (χ1n) is 3.79. The summed E-state index contributed by atoms with van der Waals surface area (Å²) in [6.07, 6.45) is -1.31. The molecule has 14 heavy (non-hydrogen) atoms. The maximum atomic E-state index is 11.0. The van der Waals surface area contributed by atoms with E-state index >= 15 is 0 Å². The summed E-state index contributed by atoms with van der Waals surface area (Å²) in [4.78, 5) is 10.6. The Kier molecular flexibility index (Phi) is 5.43. The summed E-state index contributed by atoms with van der Waals surface area (Å²) in [6.45, 7) is 1.75. The van der Waals surface area contributed by atoms with Crippen molar-refractivity contribution >= 4 is 16.3 Å². The molecule has 0 saturated carbocycles. The summed E-state index contributed by atoms with van der Waals surface area (Å²) >= 11 is 0. The van der Waals surface area contributed by atoms with Crippen LogP contribution in [0.25, 0.3) is 0 Å². The molecule has 0 spiro atoms. The Labute approximate surface area is 82.9 Å². The lowest BCUT2D eigenvalue weighted by Crippen LogP contribution is -2.42. The molecule has 0 aromatic rings. The normalized spacial score (nSPS) is 13.4. The van der Waals surface area contributed by atoms with Crippen LogP contribution in [0, 0.1) is 0 Å². The maximum Gasteiger partial charge on any atom is 0.421 e. The summed E-state index contributed by atoms with van der Waals surface area (Å²) in [5.41, 5.74) is 0. The molecule has 0 saturated heterocycles. The van der Waals surface area contributed by atoms with Crippen LogP contribution in [0.2, 0.25) is 0 Å². The van der Waals surface area contributed by atoms with Crippen LogP contribution in [0.1, 0.15) is 6.92 Å². The van der Waals surface area contributed by atoms with Gasteiger partial charge in [-0.25, -0.2) is 9.52 Å². The number of rotatable bonds is 5. The molecule has 2 N–H and O–H groups in total. The van der Waals surface area contributed by atoms with Gasteiger partial charge in [0.15, 0.2) is 0 Å². The molecule has 1 unspecified atom stereocenters. The van der Waals surface area contributed by atoms with Crippen LogP contribution in [0.15, 0.2) is 0 Å². The number of hydrogen-bond donors (Lipinski definition) is 2. The molecule has 8 heteroatoms. The highest BCUT2D eigenvalue weighted by Gasteiger charge is 2.14. The highest BCUT2D eigenvalue weighted by molar-refractivity contribution is 7.88. The van der Waals surface area contributed by atoms with Gasteiger partial charge in [-0.3, -0.25) is 0 Å². The fourth-order valence-electron chi connectivity index (χ4n) is 0.498. The summed E-state index contributed by atoms with van der Waals surface area (Å²) < 4.78 is 34.7. The Hall–Kier alpha value is -0.860. The quantitative estimate of drug-likeness (QED) is 0.641. The smallest absolute Gasteiger partial charge is 0.421 e. The summed E-state index contributed by atoms with van der Waals surface area (Å²) in [5.74, 6) is 0. The molecule has 84 valence electrons. The molecule has 0 aromatic carbocycles. The zero-order valence-corrected chi connectivity index (χ0v) is 9.05. The average molecular weight is 226 g/mol. The van der Waals surface area contributed by atoms with E-state index in [4.69, 9.17) is 4.74 Å². The molecule has 0 aliphatic rings. The third-order valence-corrected chi connectivity index (χ3v) is 2.35. The van der Waals surface area contributed by atoms with Crippen LogP contribution in [-0.4, -0.2) is 41.4 Å². The number of carbonyl (C=O) groups excluding carboxylic acids is 1. The molecule has 0 aliphatic carbocycles. The number of amides is 1. The number of hydrogen-bond acceptors (Lipinski definition) is 5. The molecule has 1 atom stereocenters. The van der Waals surface area contributed by atoms with E-state index < -0.39 is 16.3 Å². The average Bonchev–Trinajstić information content (AvgIpc) is 2.13. The molecule has 0 aliphatic heterocycles. The molecule has 0 aromatic heterocycles. The molecule has 7 nitrogen and oxygen atoms in total. The van der Waals surface area contributed by atoms with Crippen molar-refractivity contribution in [2.75, 3.05) is 20.8 Å². The van der Waals surface area contributed by atoms with Crippen molar-refractivity contribution in [3.8, 4) is 0 Å². The van der Waals surface area contributed by atoms with Crippen molar-refractivity contribution < 1.29 is 22.7 Å². The molecule has 0 bridgehead atoms. The predicted molar refractivity (Wildman–Crippen MR) is 48.9 cm³/mol. The van der Waals surface area contributed by atoms with Crippen molar-refractivity contribution in [3.63, 3.8) is 0 Å². The fourth-order valence-corrected chi connectivity index (χ4v) is 1.33. The van der Waals surface area contributed by atoms with Gasteiger partial charge in [-0.05, 0) is 6.92 Å². The van der Waals surface area contributed by atoms with Crippen molar-refractivity contribution in [1.29, 1.82) is 0 Å². The van der Waals surface area contributed by atoms with Gasteiger partial charge in [-0.1, -0.05) is 0 Å². The Bertz CT molecular complexity index is 276. The second-order valence-corrected chi connectivity index (χ2v) is 3.99. The molecule has 1 amide bonds. The van der Waals surface area contributed by atoms with Gasteiger partial charge in [0.2, 0.25) is 0 Å². The van der Waals surface area contributed by atoms with Crippen molar-refractivity contribution in [2.24, 2.45) is 0 Å². The fraction of sp³-hybridized carbons (Fsp3) is 0.833. The van der Waals surface area contributed by atoms with Crippen molar-refractivity contribution in [2.45, 2.75) is 13.0 Å². The van der Waals surface area contributed by atoms with E-state index in [1.165, 1.54) is 7.11 Å². The third-order valence-electron chi connectivity index (χ3n) is 1.37. The minimum Gasteiger partial charge on any atom is -0.452 e. The van der Waals surface area contributed by atoms with Gasteiger partial charge in [0, 0.05) is 13.7 Å². The summed E-state index contributed by atoms with van der Waals surface area (Å²) in [6, 6.07) is 0. The molecular weight excluding hydrogens is 212 g/mol. The van der Waals surface area contributed by atoms with Crippen molar-refractivity contribution in [1.82, 2.24) is 9.44 Å². The Morgan fingerprint density at radius 2 is 2.00 bits per heavy atom. The van der Waals surface area contributed by atoms with Gasteiger partial charge in [0.25, 0.3) is 0 Å². The minimum atomic E-state index is -3.85. The molecule has 0 rings (SSSR count). The zero-order valence-electron chi connectivity index (χ0n) is 8.23. The van der Waals surface area contributed by atoms with E-state index in [1.807, 2.05) is 0 Å².